The summed E-state index contributed by atoms with van der Waals surface area (Å²) in [5.41, 5.74) is 1.38. The van der Waals surface area contributed by atoms with Crippen LogP contribution in [0.4, 0.5) is 4.39 Å². The topological polar surface area (TPSA) is 77.4 Å². The van der Waals surface area contributed by atoms with Crippen LogP contribution < -0.4 is 4.74 Å². The van der Waals surface area contributed by atoms with E-state index in [1.807, 2.05) is 17.0 Å². The van der Waals surface area contributed by atoms with Crippen LogP contribution in [0.2, 0.25) is 0 Å². The molecule has 2 saturated heterocycles. The first-order chi connectivity index (χ1) is 15.6. The minimum absolute atomic E-state index is 0.116. The third kappa shape index (κ3) is 4.31. The Morgan fingerprint density at radius 3 is 2.78 bits per heavy atom. The number of hydrogen-bond donors (Lipinski definition) is 0. The highest BCUT2D eigenvalue weighted by Gasteiger charge is 2.45. The summed E-state index contributed by atoms with van der Waals surface area (Å²) in [5, 5.41) is 0. The largest absolute Gasteiger partial charge is 0.488 e. The van der Waals surface area contributed by atoms with Gasteiger partial charge in [-0.25, -0.2) is 19.3 Å². The number of benzene rings is 1. The Kier molecular flexibility index (Phi) is 5.53. The highest BCUT2D eigenvalue weighted by Crippen LogP contribution is 2.36. The maximum absolute atomic E-state index is 13.2. The molecule has 0 aliphatic carbocycles. The van der Waals surface area contributed by atoms with E-state index in [0.717, 1.165) is 18.4 Å². The van der Waals surface area contributed by atoms with Gasteiger partial charge in [-0.3, -0.25) is 4.79 Å². The van der Waals surface area contributed by atoms with E-state index in [4.69, 9.17) is 9.47 Å². The number of carbonyl (C=O) groups excluding carboxylic acids is 1. The van der Waals surface area contributed by atoms with E-state index in [1.165, 1.54) is 18.5 Å². The predicted octanol–water partition coefficient (Wildman–Crippen LogP) is 3.52. The molecule has 32 heavy (non-hydrogen) atoms. The molecule has 0 N–H and O–H groups in total. The monoisotopic (exact) mass is 434 g/mol. The number of amides is 1. The fraction of sp³-hybridized carbons (Fsp3) is 0.333. The number of aromatic nitrogens is 3. The van der Waals surface area contributed by atoms with Crippen LogP contribution in [0.5, 0.6) is 5.75 Å². The van der Waals surface area contributed by atoms with E-state index in [-0.39, 0.29) is 17.8 Å². The zero-order valence-electron chi connectivity index (χ0n) is 17.5. The van der Waals surface area contributed by atoms with Crippen LogP contribution in [0, 0.1) is 5.82 Å². The lowest BCUT2D eigenvalue weighted by molar-refractivity contribution is -0.0454. The number of piperidine rings is 1. The molecule has 0 bridgehead atoms. The van der Waals surface area contributed by atoms with Crippen molar-refractivity contribution in [3.8, 4) is 17.0 Å². The Labute approximate surface area is 185 Å². The van der Waals surface area contributed by atoms with Crippen molar-refractivity contribution in [2.75, 3.05) is 19.7 Å². The lowest BCUT2D eigenvalue weighted by atomic mass is 9.89. The SMILES string of the molecule is O=C(c1cccc(-c2cncnc2)n1)N1CCC[C@]2(C[C@@H](Oc3ccc(F)cc3)CO2)C1. The van der Waals surface area contributed by atoms with Crippen molar-refractivity contribution in [3.05, 3.63) is 72.7 Å². The maximum Gasteiger partial charge on any atom is 0.272 e. The summed E-state index contributed by atoms with van der Waals surface area (Å²) in [4.78, 5) is 27.6. The van der Waals surface area contributed by atoms with Crippen molar-refractivity contribution in [1.29, 1.82) is 0 Å². The minimum atomic E-state index is -0.427. The number of likely N-dealkylation sites (tertiary alicyclic amines) is 1. The minimum Gasteiger partial charge on any atom is -0.488 e. The van der Waals surface area contributed by atoms with E-state index < -0.39 is 5.60 Å². The Morgan fingerprint density at radius 1 is 1.16 bits per heavy atom. The zero-order valence-corrected chi connectivity index (χ0v) is 17.5. The van der Waals surface area contributed by atoms with Gasteiger partial charge in [0.25, 0.3) is 5.91 Å². The van der Waals surface area contributed by atoms with Gasteiger partial charge in [0.05, 0.1) is 24.4 Å². The van der Waals surface area contributed by atoms with Crippen LogP contribution in [0.25, 0.3) is 11.3 Å². The second-order valence-electron chi connectivity index (χ2n) is 8.26. The summed E-state index contributed by atoms with van der Waals surface area (Å²) in [6.45, 7) is 1.60. The van der Waals surface area contributed by atoms with Crippen molar-refractivity contribution in [2.24, 2.45) is 0 Å². The molecular formula is C24H23FN4O3. The number of ether oxygens (including phenoxy) is 2. The first kappa shape index (κ1) is 20.5. The average Bonchev–Trinajstić information content (AvgIpc) is 3.22. The highest BCUT2D eigenvalue weighted by atomic mass is 19.1. The van der Waals surface area contributed by atoms with E-state index in [0.29, 0.717) is 43.3 Å². The Bertz CT molecular complexity index is 1100. The van der Waals surface area contributed by atoms with Crippen LogP contribution in [0.3, 0.4) is 0 Å². The molecular weight excluding hydrogens is 411 g/mol. The van der Waals surface area contributed by atoms with Crippen molar-refractivity contribution >= 4 is 5.91 Å². The number of pyridine rings is 1. The molecule has 1 spiro atoms. The molecule has 2 aromatic heterocycles. The molecule has 2 fully saturated rings. The van der Waals surface area contributed by atoms with Gasteiger partial charge in [-0.1, -0.05) is 6.07 Å². The van der Waals surface area contributed by atoms with Gasteiger partial charge in [0.2, 0.25) is 0 Å². The van der Waals surface area contributed by atoms with Crippen molar-refractivity contribution in [2.45, 2.75) is 31.0 Å². The molecule has 3 aromatic rings. The van der Waals surface area contributed by atoms with Gasteiger partial charge >= 0.3 is 0 Å². The number of rotatable bonds is 4. The summed E-state index contributed by atoms with van der Waals surface area (Å²) in [6, 6.07) is 11.4. The zero-order chi connectivity index (χ0) is 22.0. The standard InChI is InChI=1S/C24H23FN4O3/c25-18-5-7-19(8-6-18)32-20-11-24(31-14-20)9-2-10-29(15-24)23(30)22-4-1-3-21(28-22)17-12-26-16-27-13-17/h1,3-8,12-13,16,20H,2,9-11,14-15H2/t20-,24+/m1/s1. The summed E-state index contributed by atoms with van der Waals surface area (Å²) in [7, 11) is 0. The Hall–Kier alpha value is -3.39. The second kappa shape index (κ2) is 8.63. The van der Waals surface area contributed by atoms with E-state index in [2.05, 4.69) is 15.0 Å². The molecule has 2 aliphatic heterocycles. The average molecular weight is 434 g/mol. The summed E-state index contributed by atoms with van der Waals surface area (Å²) < 4.78 is 25.3. The third-order valence-corrected chi connectivity index (χ3v) is 5.94. The second-order valence-corrected chi connectivity index (χ2v) is 8.26. The fourth-order valence-corrected chi connectivity index (χ4v) is 4.45. The lowest BCUT2D eigenvalue weighted by Gasteiger charge is -2.39. The quantitative estimate of drug-likeness (QED) is 0.625. The van der Waals surface area contributed by atoms with Crippen LogP contribution in [-0.2, 0) is 4.74 Å². The Morgan fingerprint density at radius 2 is 1.97 bits per heavy atom. The van der Waals surface area contributed by atoms with E-state index in [1.54, 1.807) is 30.6 Å². The smallest absolute Gasteiger partial charge is 0.272 e. The molecule has 2 aliphatic rings. The summed E-state index contributed by atoms with van der Waals surface area (Å²) in [6.07, 6.45) is 7.08. The molecule has 5 rings (SSSR count). The molecule has 1 aromatic carbocycles. The van der Waals surface area contributed by atoms with E-state index in [9.17, 15) is 9.18 Å². The normalized spacial score (nSPS) is 22.8. The van der Waals surface area contributed by atoms with Crippen LogP contribution in [-0.4, -0.2) is 57.2 Å². The fourth-order valence-electron chi connectivity index (χ4n) is 4.45. The first-order valence-electron chi connectivity index (χ1n) is 10.7. The summed E-state index contributed by atoms with van der Waals surface area (Å²) >= 11 is 0. The Balaban J connectivity index is 1.27. The van der Waals surface area contributed by atoms with Gasteiger partial charge in [0, 0.05) is 30.9 Å². The van der Waals surface area contributed by atoms with Gasteiger partial charge in [-0.2, -0.15) is 0 Å². The number of hydrogen-bond acceptors (Lipinski definition) is 6. The number of carbonyl (C=O) groups is 1. The highest BCUT2D eigenvalue weighted by molar-refractivity contribution is 5.93. The molecule has 4 heterocycles. The van der Waals surface area contributed by atoms with Gasteiger partial charge in [0.15, 0.2) is 0 Å². The first-order valence-corrected chi connectivity index (χ1v) is 10.7. The lowest BCUT2D eigenvalue weighted by Crippen LogP contribution is -2.50. The van der Waals surface area contributed by atoms with Crippen LogP contribution >= 0.6 is 0 Å². The molecule has 7 nitrogen and oxygen atoms in total. The summed E-state index contributed by atoms with van der Waals surface area (Å²) in [5.74, 6) is 0.205. The molecule has 164 valence electrons. The van der Waals surface area contributed by atoms with Crippen molar-refractivity contribution in [1.82, 2.24) is 19.9 Å². The maximum atomic E-state index is 13.2. The van der Waals surface area contributed by atoms with Crippen molar-refractivity contribution < 1.29 is 18.7 Å². The van der Waals surface area contributed by atoms with Crippen LogP contribution in [0.1, 0.15) is 29.8 Å². The third-order valence-electron chi connectivity index (χ3n) is 5.94. The predicted molar refractivity (Wildman–Crippen MR) is 115 cm³/mol. The van der Waals surface area contributed by atoms with Gasteiger partial charge < -0.3 is 14.4 Å². The van der Waals surface area contributed by atoms with Crippen molar-refractivity contribution in [3.63, 3.8) is 0 Å². The molecule has 0 radical (unpaired) electrons. The molecule has 0 saturated carbocycles. The van der Waals surface area contributed by atoms with Gasteiger partial charge in [-0.15, -0.1) is 0 Å². The molecule has 1 amide bonds. The molecule has 0 unspecified atom stereocenters. The van der Waals surface area contributed by atoms with Gasteiger partial charge in [0.1, 0.15) is 29.7 Å². The number of halogens is 1. The van der Waals surface area contributed by atoms with E-state index >= 15 is 0 Å². The molecule has 8 heteroatoms. The van der Waals surface area contributed by atoms with Crippen LogP contribution in [0.15, 0.2) is 61.2 Å². The van der Waals surface area contributed by atoms with Gasteiger partial charge in [-0.05, 0) is 49.2 Å². The number of nitrogens with zero attached hydrogens (tertiary/aromatic N) is 4. The molecule has 2 atom stereocenters.